The molecule has 0 amide bonds. The Morgan fingerprint density at radius 1 is 0.281 bits per heavy atom. The van der Waals surface area contributed by atoms with Gasteiger partial charge in [0, 0.05) is 49.3 Å². The van der Waals surface area contributed by atoms with Crippen molar-refractivity contribution in [1.29, 1.82) is 0 Å². The first kappa shape index (κ1) is 35.0. The lowest BCUT2D eigenvalue weighted by Crippen LogP contribution is -2.05. The second-order valence-electron chi connectivity index (χ2n) is 16.9. The molecule has 64 heavy (non-hydrogen) atoms. The third-order valence-corrected chi connectivity index (χ3v) is 13.4. The van der Waals surface area contributed by atoms with Gasteiger partial charge in [0.15, 0.2) is 11.5 Å². The van der Waals surface area contributed by atoms with E-state index in [1.807, 2.05) is 0 Å². The van der Waals surface area contributed by atoms with E-state index in [1.165, 1.54) is 82.2 Å². The van der Waals surface area contributed by atoms with Crippen molar-refractivity contribution >= 4 is 65.4 Å². The normalized spacial score (nSPS) is 12.2. The fraction of sp³-hybridized carbons (Fsp3) is 0. The lowest BCUT2D eigenvalue weighted by Gasteiger charge is -2.23. The molecule has 0 atom stereocenters. The third kappa shape index (κ3) is 5.05. The first-order valence-electron chi connectivity index (χ1n) is 21.9. The van der Waals surface area contributed by atoms with Crippen LogP contribution >= 0.6 is 0 Å². The van der Waals surface area contributed by atoms with Crippen LogP contribution in [0.2, 0.25) is 0 Å². The first-order valence-corrected chi connectivity index (χ1v) is 21.9. The highest BCUT2D eigenvalue weighted by molar-refractivity contribution is 6.14. The largest absolute Gasteiger partial charge is 0.452 e. The highest BCUT2D eigenvalue weighted by Crippen LogP contribution is 2.49. The van der Waals surface area contributed by atoms with Crippen LogP contribution < -0.4 is 4.74 Å². The minimum absolute atomic E-state index is 0.872. The average Bonchev–Trinajstić information content (AvgIpc) is 4.00. The fourth-order valence-electron chi connectivity index (χ4n) is 10.6. The lowest BCUT2D eigenvalue weighted by atomic mass is 9.99. The highest BCUT2D eigenvalue weighted by atomic mass is 16.5. The van der Waals surface area contributed by atoms with Crippen LogP contribution in [0.3, 0.4) is 0 Å². The van der Waals surface area contributed by atoms with Crippen LogP contribution in [-0.2, 0) is 0 Å². The van der Waals surface area contributed by atoms with Crippen molar-refractivity contribution < 1.29 is 4.74 Å². The van der Waals surface area contributed by atoms with Crippen LogP contribution in [0.15, 0.2) is 224 Å². The van der Waals surface area contributed by atoms with Crippen LogP contribution in [0.25, 0.3) is 116 Å². The molecule has 1 aliphatic rings. The molecule has 3 aromatic heterocycles. The summed E-state index contributed by atoms with van der Waals surface area (Å²) in [5.74, 6) is 1.75. The van der Waals surface area contributed by atoms with Gasteiger partial charge >= 0.3 is 0 Å². The minimum Gasteiger partial charge on any atom is -0.452 e. The van der Waals surface area contributed by atoms with Gasteiger partial charge in [0.25, 0.3) is 0 Å². The Morgan fingerprint density at radius 2 is 0.750 bits per heavy atom. The molecule has 0 radical (unpaired) electrons. The van der Waals surface area contributed by atoms with Crippen molar-refractivity contribution in [3.63, 3.8) is 0 Å². The maximum absolute atomic E-state index is 6.82. The number of ether oxygens (including phenoxy) is 1. The molecule has 10 aromatic carbocycles. The summed E-state index contributed by atoms with van der Waals surface area (Å²) in [4.78, 5) is 0. The monoisotopic (exact) mass is 815 g/mol. The van der Waals surface area contributed by atoms with Crippen molar-refractivity contribution in [2.24, 2.45) is 0 Å². The van der Waals surface area contributed by atoms with Gasteiger partial charge in [-0.2, -0.15) is 0 Å². The van der Waals surface area contributed by atoms with Crippen LogP contribution in [0.5, 0.6) is 11.5 Å². The minimum atomic E-state index is 0.872. The van der Waals surface area contributed by atoms with Crippen LogP contribution in [-0.4, -0.2) is 13.7 Å². The molecule has 0 saturated heterocycles. The average molecular weight is 816 g/mol. The Bertz CT molecular complexity index is 4020. The van der Waals surface area contributed by atoms with Crippen molar-refractivity contribution in [3.05, 3.63) is 224 Å². The summed E-state index contributed by atoms with van der Waals surface area (Å²) in [6.07, 6.45) is 0. The second-order valence-corrected chi connectivity index (χ2v) is 16.9. The highest BCUT2D eigenvalue weighted by Gasteiger charge is 2.26. The van der Waals surface area contributed by atoms with E-state index >= 15 is 0 Å². The van der Waals surface area contributed by atoms with Crippen LogP contribution in [0.4, 0.5) is 0 Å². The van der Waals surface area contributed by atoms with Crippen molar-refractivity contribution in [1.82, 2.24) is 13.7 Å². The predicted octanol–water partition coefficient (Wildman–Crippen LogP) is 16.1. The summed E-state index contributed by atoms with van der Waals surface area (Å²) < 4.78 is 14.0. The maximum Gasteiger partial charge on any atom is 0.159 e. The number of para-hydroxylation sites is 5. The third-order valence-electron chi connectivity index (χ3n) is 13.4. The number of fused-ring (bicyclic) bond motifs is 11. The van der Waals surface area contributed by atoms with Crippen molar-refractivity contribution in [3.8, 4) is 61.9 Å². The van der Waals surface area contributed by atoms with E-state index in [2.05, 4.69) is 238 Å². The molecular weight excluding hydrogens is 779 g/mol. The molecule has 4 nitrogen and oxygen atoms in total. The zero-order valence-electron chi connectivity index (χ0n) is 34.6. The van der Waals surface area contributed by atoms with E-state index in [4.69, 9.17) is 4.74 Å². The predicted molar refractivity (Wildman–Crippen MR) is 266 cm³/mol. The summed E-state index contributed by atoms with van der Waals surface area (Å²) in [6.45, 7) is 0. The second kappa shape index (κ2) is 13.4. The molecule has 0 N–H and O–H groups in total. The summed E-state index contributed by atoms with van der Waals surface area (Å²) in [5, 5.41) is 7.37. The molecule has 0 unspecified atom stereocenters. The summed E-state index contributed by atoms with van der Waals surface area (Å²) in [7, 11) is 0. The van der Waals surface area contributed by atoms with Crippen LogP contribution in [0, 0.1) is 0 Å². The molecule has 298 valence electrons. The topological polar surface area (TPSA) is 24.0 Å². The van der Waals surface area contributed by atoms with Crippen molar-refractivity contribution in [2.45, 2.75) is 0 Å². The quantitative estimate of drug-likeness (QED) is 0.170. The molecule has 4 heterocycles. The van der Waals surface area contributed by atoms with Gasteiger partial charge in [0.1, 0.15) is 0 Å². The molecule has 14 rings (SSSR count). The lowest BCUT2D eigenvalue weighted by molar-refractivity contribution is 0.478. The summed E-state index contributed by atoms with van der Waals surface area (Å²) >= 11 is 0. The molecule has 0 saturated carbocycles. The molecule has 0 spiro atoms. The molecule has 1 aliphatic heterocycles. The smallest absolute Gasteiger partial charge is 0.159 e. The van der Waals surface area contributed by atoms with Crippen molar-refractivity contribution in [2.75, 3.05) is 0 Å². The number of nitrogens with zero attached hydrogens (tertiary/aromatic N) is 3. The maximum atomic E-state index is 6.82. The van der Waals surface area contributed by atoms with E-state index in [1.54, 1.807) is 0 Å². The Labute approximate surface area is 368 Å². The Hall–Kier alpha value is -8.60. The number of benzene rings is 10. The Balaban J connectivity index is 0.914. The van der Waals surface area contributed by atoms with Gasteiger partial charge in [-0.05, 0) is 113 Å². The number of aromatic nitrogens is 3. The first-order chi connectivity index (χ1) is 31.7. The van der Waals surface area contributed by atoms with Gasteiger partial charge in [0.05, 0.1) is 38.8 Å². The molecule has 0 fully saturated rings. The number of hydrogen-bond donors (Lipinski definition) is 0. The zero-order chi connectivity index (χ0) is 41.9. The Kier molecular flexibility index (Phi) is 7.36. The van der Waals surface area contributed by atoms with E-state index < -0.39 is 0 Å². The fourth-order valence-corrected chi connectivity index (χ4v) is 10.6. The molecule has 0 bridgehead atoms. The molecule has 0 aliphatic carbocycles. The van der Waals surface area contributed by atoms with Gasteiger partial charge in [-0.1, -0.05) is 140 Å². The van der Waals surface area contributed by atoms with Gasteiger partial charge in [-0.25, -0.2) is 0 Å². The van der Waals surface area contributed by atoms with E-state index in [0.29, 0.717) is 0 Å². The number of rotatable bonds is 5. The van der Waals surface area contributed by atoms with Crippen LogP contribution in [0.1, 0.15) is 0 Å². The van der Waals surface area contributed by atoms with Gasteiger partial charge < -0.3 is 18.4 Å². The molecular formula is C60H37N3O. The van der Waals surface area contributed by atoms with Gasteiger partial charge in [0.2, 0.25) is 0 Å². The van der Waals surface area contributed by atoms with Gasteiger partial charge in [-0.3, -0.25) is 0 Å². The number of hydrogen-bond acceptors (Lipinski definition) is 1. The zero-order valence-corrected chi connectivity index (χ0v) is 34.6. The Morgan fingerprint density at radius 3 is 1.41 bits per heavy atom. The van der Waals surface area contributed by atoms with E-state index in [-0.39, 0.29) is 0 Å². The molecule has 13 aromatic rings. The SMILES string of the molecule is c1ccc(-c2ccc3c(c2)c2cc(-c4ccc5c(c4)c4ccccc4n5-c4ccccc4)ccc2n3-c2ccc(-c3cccc4c3Oc3cccc5c6ccccc6n-4c35)cc2)cc1. The summed E-state index contributed by atoms with van der Waals surface area (Å²) in [5.41, 5.74) is 17.3. The standard InChI is InChI=1S/C60H37N3O/c1-3-13-38(14-4-1)40-27-32-55-50(35-40)51-37-42(41-28-33-54-49(36-41)47-18-8-9-21-52(47)61(54)43-15-5-2-6-16-43)29-34-56(51)62(55)44-30-25-39(26-31-44)45-19-11-23-57-60(45)64-58-24-12-20-48-46-17-7-10-22-53(46)63(57)59(48)58/h1-37H. The van der Waals surface area contributed by atoms with E-state index in [0.717, 1.165) is 45.2 Å². The molecule has 4 heteroatoms. The van der Waals surface area contributed by atoms with E-state index in [9.17, 15) is 0 Å². The summed E-state index contributed by atoms with van der Waals surface area (Å²) in [6, 6.07) is 81.4. The van der Waals surface area contributed by atoms with Gasteiger partial charge in [-0.15, -0.1) is 0 Å².